The number of unbranched alkanes of at least 4 members (excludes halogenated alkanes) is 9. The second-order valence-electron chi connectivity index (χ2n) is 6.26. The van der Waals surface area contributed by atoms with E-state index in [-0.39, 0.29) is 5.57 Å². The molecule has 0 spiro atoms. The van der Waals surface area contributed by atoms with Gasteiger partial charge in [-0.3, -0.25) is 0 Å². The molecule has 0 aromatic rings. The minimum Gasteiger partial charge on any atom is -0.494 e. The van der Waals surface area contributed by atoms with Crippen molar-refractivity contribution in [2.24, 2.45) is 0 Å². The molecule has 0 fully saturated rings. The smallest absolute Gasteiger partial charge is 0.417 e. The van der Waals surface area contributed by atoms with Gasteiger partial charge in [0.1, 0.15) is 5.76 Å². The fourth-order valence-electron chi connectivity index (χ4n) is 2.65. The Kier molecular flexibility index (Phi) is 11.7. The molecule has 0 aromatic carbocycles. The summed E-state index contributed by atoms with van der Waals surface area (Å²) in [4.78, 5) is 0. The summed E-state index contributed by atoms with van der Waals surface area (Å²) in [5, 5.41) is 0. The molecule has 1 aliphatic rings. The summed E-state index contributed by atoms with van der Waals surface area (Å²) in [6.45, 7) is 0.541. The van der Waals surface area contributed by atoms with E-state index in [1.165, 1.54) is 69.9 Å². The summed E-state index contributed by atoms with van der Waals surface area (Å²) < 4.78 is 42.4. The molecule has 0 atom stereocenters. The molecular weight excluding hydrogens is 345 g/mol. The standard InChI is InChI=1S/C20H29F3OS/c21-20(22,23)17-18-12-11-13-19(16-18)24-14-9-7-5-3-1-2-4-6-8-10-15-25/h11-13,16,25H,1-10,14-15H2. The van der Waals surface area contributed by atoms with Crippen LogP contribution in [0.15, 0.2) is 29.6 Å². The van der Waals surface area contributed by atoms with Crippen molar-refractivity contribution in [3.05, 3.63) is 42.1 Å². The van der Waals surface area contributed by atoms with Crippen LogP contribution in [0, 0.1) is 12.5 Å². The summed E-state index contributed by atoms with van der Waals surface area (Å²) in [7, 11) is 0. The third-order valence-corrected chi connectivity index (χ3v) is 4.26. The Morgan fingerprint density at radius 2 is 1.48 bits per heavy atom. The number of rotatable bonds is 13. The van der Waals surface area contributed by atoms with Crippen LogP contribution in [-0.4, -0.2) is 18.5 Å². The molecule has 5 heteroatoms. The SMILES string of the molecule is FC(F)(F)[C-]=C1C=C(OCCCCCCCCCCCCS)C=C[CH+]1. The number of halogens is 3. The van der Waals surface area contributed by atoms with Gasteiger partial charge in [0, 0.05) is 0 Å². The Bertz CT molecular complexity index is 439. The predicted octanol–water partition coefficient (Wildman–Crippen LogP) is 6.78. The molecule has 0 saturated heterocycles. The quantitative estimate of drug-likeness (QED) is 0.212. The van der Waals surface area contributed by atoms with Crippen LogP contribution < -0.4 is 0 Å². The number of hydrogen-bond acceptors (Lipinski definition) is 2. The molecule has 0 aromatic heterocycles. The second kappa shape index (κ2) is 13.3. The topological polar surface area (TPSA) is 9.23 Å². The number of alkyl halides is 3. The van der Waals surface area contributed by atoms with Crippen LogP contribution in [0.5, 0.6) is 0 Å². The zero-order chi connectivity index (χ0) is 18.4. The van der Waals surface area contributed by atoms with Crippen LogP contribution in [-0.2, 0) is 4.74 Å². The van der Waals surface area contributed by atoms with E-state index in [1.807, 2.05) is 0 Å². The number of allylic oxidation sites excluding steroid dienone is 5. The second-order valence-corrected chi connectivity index (χ2v) is 6.71. The van der Waals surface area contributed by atoms with Crippen LogP contribution in [0.3, 0.4) is 0 Å². The first-order valence-electron chi connectivity index (χ1n) is 9.20. The van der Waals surface area contributed by atoms with Gasteiger partial charge in [-0.2, -0.15) is 25.8 Å². The van der Waals surface area contributed by atoms with Gasteiger partial charge in [-0.25, -0.2) is 0 Å². The Morgan fingerprint density at radius 1 is 0.920 bits per heavy atom. The first-order valence-corrected chi connectivity index (χ1v) is 9.83. The molecule has 0 amide bonds. The van der Waals surface area contributed by atoms with Gasteiger partial charge < -0.3 is 4.74 Å². The molecule has 0 radical (unpaired) electrons. The van der Waals surface area contributed by atoms with Crippen LogP contribution in [0.25, 0.3) is 0 Å². The van der Waals surface area contributed by atoms with E-state index in [0.29, 0.717) is 12.4 Å². The van der Waals surface area contributed by atoms with Crippen LogP contribution in [0.4, 0.5) is 13.2 Å². The van der Waals surface area contributed by atoms with Crippen molar-refractivity contribution >= 4 is 12.6 Å². The maximum Gasteiger partial charge on any atom is 0.417 e. The minimum absolute atomic E-state index is 0.000584. The van der Waals surface area contributed by atoms with E-state index in [4.69, 9.17) is 4.74 Å². The molecule has 0 saturated carbocycles. The Hall–Kier alpha value is -0.970. The molecule has 0 heterocycles. The minimum atomic E-state index is -4.43. The normalized spacial score (nSPS) is 16.0. The third-order valence-electron chi connectivity index (χ3n) is 3.94. The van der Waals surface area contributed by atoms with Gasteiger partial charge in [0.2, 0.25) is 0 Å². The van der Waals surface area contributed by atoms with Crippen LogP contribution in [0.2, 0.25) is 0 Å². The zero-order valence-electron chi connectivity index (χ0n) is 14.8. The molecule has 1 rings (SSSR count). The Morgan fingerprint density at radius 3 is 2.04 bits per heavy atom. The van der Waals surface area contributed by atoms with Gasteiger partial charge in [-0.1, -0.05) is 63.9 Å². The summed E-state index contributed by atoms with van der Waals surface area (Å²) >= 11 is 4.21. The van der Waals surface area contributed by atoms with Gasteiger partial charge in [-0.05, 0) is 36.3 Å². The van der Waals surface area contributed by atoms with E-state index in [1.54, 1.807) is 12.2 Å². The Labute approximate surface area is 155 Å². The number of thiol groups is 1. The average molecular weight is 375 g/mol. The summed E-state index contributed by atoms with van der Waals surface area (Å²) in [6.07, 6.45) is 15.2. The fourth-order valence-corrected chi connectivity index (χ4v) is 2.87. The summed E-state index contributed by atoms with van der Waals surface area (Å²) in [6, 6.07) is 0. The molecule has 0 bridgehead atoms. The molecule has 142 valence electrons. The molecule has 25 heavy (non-hydrogen) atoms. The van der Waals surface area contributed by atoms with Crippen molar-refractivity contribution in [3.63, 3.8) is 0 Å². The van der Waals surface area contributed by atoms with Gasteiger partial charge in [0.05, 0.1) is 12.7 Å². The summed E-state index contributed by atoms with van der Waals surface area (Å²) in [5.41, 5.74) is -0.000584. The molecule has 1 nitrogen and oxygen atoms in total. The molecule has 0 N–H and O–H groups in total. The Balaban J connectivity index is 2.01. The largest absolute Gasteiger partial charge is 0.494 e. The monoisotopic (exact) mass is 374 g/mol. The highest BCUT2D eigenvalue weighted by molar-refractivity contribution is 7.80. The van der Waals surface area contributed by atoms with Crippen LogP contribution in [0.1, 0.15) is 64.2 Å². The maximum atomic E-state index is 12.3. The fraction of sp³-hybridized carbons (Fsp3) is 0.650. The van der Waals surface area contributed by atoms with Gasteiger partial charge in [-0.15, -0.1) is 0 Å². The van der Waals surface area contributed by atoms with E-state index in [2.05, 4.69) is 12.6 Å². The van der Waals surface area contributed by atoms with Gasteiger partial charge >= 0.3 is 6.18 Å². The van der Waals surface area contributed by atoms with Crippen molar-refractivity contribution in [1.29, 1.82) is 0 Å². The van der Waals surface area contributed by atoms with Crippen molar-refractivity contribution in [1.82, 2.24) is 0 Å². The van der Waals surface area contributed by atoms with Crippen molar-refractivity contribution in [2.45, 2.75) is 70.4 Å². The van der Waals surface area contributed by atoms with E-state index < -0.39 is 6.18 Å². The average Bonchev–Trinajstić information content (AvgIpc) is 2.54. The number of hydrogen-bond donors (Lipinski definition) is 1. The highest BCUT2D eigenvalue weighted by Crippen LogP contribution is 2.23. The van der Waals surface area contributed by atoms with Crippen molar-refractivity contribution < 1.29 is 17.9 Å². The van der Waals surface area contributed by atoms with Gasteiger partial charge in [0.25, 0.3) is 0 Å². The lowest BCUT2D eigenvalue weighted by Crippen LogP contribution is -2.06. The lowest BCUT2D eigenvalue weighted by atomic mass is 10.1. The number of ether oxygens (including phenoxy) is 1. The lowest BCUT2D eigenvalue weighted by molar-refractivity contribution is -0.0880. The predicted molar refractivity (Wildman–Crippen MR) is 100 cm³/mol. The highest BCUT2D eigenvalue weighted by atomic mass is 32.1. The van der Waals surface area contributed by atoms with Crippen LogP contribution >= 0.6 is 12.6 Å². The maximum absolute atomic E-state index is 12.3. The van der Waals surface area contributed by atoms with E-state index in [9.17, 15) is 13.2 Å². The third kappa shape index (κ3) is 13.0. The van der Waals surface area contributed by atoms with Gasteiger partial charge in [0.15, 0.2) is 0 Å². The molecular formula is C20H29F3OS. The van der Waals surface area contributed by atoms with E-state index in [0.717, 1.165) is 18.6 Å². The summed E-state index contributed by atoms with van der Waals surface area (Å²) in [5.74, 6) is 1.46. The first kappa shape index (κ1) is 22.1. The molecule has 1 aliphatic carbocycles. The highest BCUT2D eigenvalue weighted by Gasteiger charge is 2.25. The van der Waals surface area contributed by atoms with E-state index >= 15 is 0 Å². The zero-order valence-corrected chi connectivity index (χ0v) is 15.7. The van der Waals surface area contributed by atoms with Crippen molar-refractivity contribution in [3.8, 4) is 0 Å². The lowest BCUT2D eigenvalue weighted by Gasteiger charge is -2.12. The molecule has 0 aliphatic heterocycles. The molecule has 0 unspecified atom stereocenters. The van der Waals surface area contributed by atoms with Crippen molar-refractivity contribution in [2.75, 3.05) is 12.4 Å². The first-order chi connectivity index (χ1) is 12.0.